The minimum atomic E-state index is -0.939. The zero-order chi connectivity index (χ0) is 25.8. The molecule has 1 atom stereocenters. The summed E-state index contributed by atoms with van der Waals surface area (Å²) in [5.74, 6) is -0.431. The molecule has 0 radical (unpaired) electrons. The fourth-order valence-electron chi connectivity index (χ4n) is 3.99. The van der Waals surface area contributed by atoms with Gasteiger partial charge in [-0.25, -0.2) is 0 Å². The maximum atomic E-state index is 12.3. The first-order valence-electron chi connectivity index (χ1n) is 12.6. The van der Waals surface area contributed by atoms with E-state index in [4.69, 9.17) is 9.84 Å². The van der Waals surface area contributed by atoms with Crippen molar-refractivity contribution in [3.05, 3.63) is 108 Å². The molecule has 2 N–H and O–H groups in total. The number of carboxylic acid groups (broad SMARTS) is 1. The van der Waals surface area contributed by atoms with Crippen molar-refractivity contribution in [2.24, 2.45) is 0 Å². The molecule has 0 spiro atoms. The van der Waals surface area contributed by atoms with E-state index < -0.39 is 5.97 Å². The van der Waals surface area contributed by atoms with Crippen LogP contribution in [0.2, 0.25) is 0 Å². The Kier molecular flexibility index (Phi) is 10.3. The molecule has 1 unspecified atom stereocenters. The number of carbonyl (C=O) groups excluding carboxylic acids is 1. The quantitative estimate of drug-likeness (QED) is 0.240. The van der Waals surface area contributed by atoms with Gasteiger partial charge in [0.25, 0.3) is 5.91 Å². The van der Waals surface area contributed by atoms with Crippen LogP contribution in [0.5, 0.6) is 5.75 Å². The molecule has 0 saturated carbocycles. The molecular weight excluding hydrogens is 450 g/mol. The Morgan fingerprint density at radius 1 is 0.861 bits per heavy atom. The van der Waals surface area contributed by atoms with Gasteiger partial charge in [0, 0.05) is 12.1 Å². The predicted molar refractivity (Wildman–Crippen MR) is 144 cm³/mol. The molecule has 0 heterocycles. The number of carboxylic acids is 1. The number of amides is 1. The molecule has 3 aromatic rings. The molecule has 0 fully saturated rings. The Labute approximate surface area is 213 Å². The van der Waals surface area contributed by atoms with E-state index in [2.05, 4.69) is 31.0 Å². The molecular formula is C31H35NO4. The van der Waals surface area contributed by atoms with Gasteiger partial charge in [-0.2, -0.15) is 0 Å². The first-order chi connectivity index (χ1) is 17.5. The van der Waals surface area contributed by atoms with Gasteiger partial charge in [-0.3, -0.25) is 9.59 Å². The highest BCUT2D eigenvalue weighted by Crippen LogP contribution is 2.29. The molecule has 3 rings (SSSR count). The van der Waals surface area contributed by atoms with Crippen molar-refractivity contribution in [1.29, 1.82) is 0 Å². The standard InChI is InChI=1S/C31H35NO4/c1-3-4-5-9-12-29(26-13-15-27(16-14-26)31(35)32-22-21-30(33)34)36-28-19-17-25(18-20-28)23(2)24-10-7-6-8-11-24/h6-8,10-11,13-20,29H,2-5,9,12,21-22H2,1H3,(H,32,35)(H,33,34). The average molecular weight is 486 g/mol. The highest BCUT2D eigenvalue weighted by atomic mass is 16.5. The second kappa shape index (κ2) is 13.9. The van der Waals surface area contributed by atoms with Crippen LogP contribution >= 0.6 is 0 Å². The number of aliphatic carboxylic acids is 1. The lowest BCUT2D eigenvalue weighted by atomic mass is 9.99. The van der Waals surface area contributed by atoms with Crippen LogP contribution in [0.25, 0.3) is 5.57 Å². The molecule has 0 aromatic heterocycles. The lowest BCUT2D eigenvalue weighted by molar-refractivity contribution is -0.136. The van der Waals surface area contributed by atoms with Crippen LogP contribution in [0, 0.1) is 0 Å². The molecule has 0 aliphatic rings. The number of ether oxygens (including phenoxy) is 1. The maximum absolute atomic E-state index is 12.3. The van der Waals surface area contributed by atoms with Crippen LogP contribution in [-0.4, -0.2) is 23.5 Å². The van der Waals surface area contributed by atoms with Gasteiger partial charge in [0.1, 0.15) is 11.9 Å². The Morgan fingerprint density at radius 3 is 2.14 bits per heavy atom. The number of hydrogen-bond donors (Lipinski definition) is 2. The number of benzene rings is 3. The third kappa shape index (κ3) is 8.12. The Balaban J connectivity index is 1.69. The molecule has 188 valence electrons. The van der Waals surface area contributed by atoms with Gasteiger partial charge in [0.05, 0.1) is 6.42 Å². The number of unbranched alkanes of at least 4 members (excludes halogenated alkanes) is 3. The van der Waals surface area contributed by atoms with E-state index in [-0.39, 0.29) is 25.0 Å². The highest BCUT2D eigenvalue weighted by Gasteiger charge is 2.15. The van der Waals surface area contributed by atoms with Gasteiger partial charge in [0.15, 0.2) is 0 Å². The normalized spacial score (nSPS) is 11.5. The van der Waals surface area contributed by atoms with Gasteiger partial charge in [-0.1, -0.05) is 87.4 Å². The van der Waals surface area contributed by atoms with Crippen molar-refractivity contribution in [1.82, 2.24) is 5.32 Å². The van der Waals surface area contributed by atoms with E-state index in [1.165, 1.54) is 12.8 Å². The number of rotatable bonds is 14. The van der Waals surface area contributed by atoms with Gasteiger partial charge in [-0.15, -0.1) is 0 Å². The predicted octanol–water partition coefficient (Wildman–Crippen LogP) is 7.04. The van der Waals surface area contributed by atoms with Crippen molar-refractivity contribution >= 4 is 17.4 Å². The third-order valence-electron chi connectivity index (χ3n) is 6.09. The van der Waals surface area contributed by atoms with Gasteiger partial charge < -0.3 is 15.2 Å². The third-order valence-corrected chi connectivity index (χ3v) is 6.09. The smallest absolute Gasteiger partial charge is 0.305 e. The summed E-state index contributed by atoms with van der Waals surface area (Å²) in [5.41, 5.74) is 4.61. The van der Waals surface area contributed by atoms with E-state index in [1.807, 2.05) is 54.6 Å². The summed E-state index contributed by atoms with van der Waals surface area (Å²) in [6.07, 6.45) is 5.21. The van der Waals surface area contributed by atoms with Crippen molar-refractivity contribution < 1.29 is 19.4 Å². The van der Waals surface area contributed by atoms with Gasteiger partial charge in [-0.05, 0) is 59.4 Å². The van der Waals surface area contributed by atoms with Crippen LogP contribution in [0.15, 0.2) is 85.4 Å². The summed E-state index contributed by atoms with van der Waals surface area (Å²) >= 11 is 0. The molecule has 0 bridgehead atoms. The molecule has 5 heteroatoms. The van der Waals surface area contributed by atoms with Crippen molar-refractivity contribution in [3.8, 4) is 5.75 Å². The fourth-order valence-corrected chi connectivity index (χ4v) is 3.99. The van der Waals surface area contributed by atoms with E-state index in [9.17, 15) is 9.59 Å². The fraction of sp³-hybridized carbons (Fsp3) is 0.290. The Hall–Kier alpha value is -3.86. The molecule has 1 amide bonds. The summed E-state index contributed by atoms with van der Waals surface area (Å²) in [6.45, 7) is 6.53. The van der Waals surface area contributed by atoms with Crippen molar-refractivity contribution in [3.63, 3.8) is 0 Å². The monoisotopic (exact) mass is 485 g/mol. The van der Waals surface area contributed by atoms with Crippen LogP contribution in [0.4, 0.5) is 0 Å². The minimum Gasteiger partial charge on any atom is -0.486 e. The van der Waals surface area contributed by atoms with Crippen LogP contribution < -0.4 is 10.1 Å². The number of hydrogen-bond acceptors (Lipinski definition) is 3. The summed E-state index contributed by atoms with van der Waals surface area (Å²) in [5, 5.41) is 11.4. The highest BCUT2D eigenvalue weighted by molar-refractivity contribution is 5.94. The number of nitrogens with one attached hydrogen (secondary N) is 1. The van der Waals surface area contributed by atoms with E-state index in [0.717, 1.165) is 47.3 Å². The second-order valence-corrected chi connectivity index (χ2v) is 8.85. The van der Waals surface area contributed by atoms with Crippen LogP contribution in [0.1, 0.15) is 78.6 Å². The summed E-state index contributed by atoms with van der Waals surface area (Å²) in [7, 11) is 0. The van der Waals surface area contributed by atoms with Crippen LogP contribution in [-0.2, 0) is 4.79 Å². The topological polar surface area (TPSA) is 75.6 Å². The number of carbonyl (C=O) groups is 2. The zero-order valence-electron chi connectivity index (χ0n) is 20.9. The maximum Gasteiger partial charge on any atom is 0.305 e. The lowest BCUT2D eigenvalue weighted by Gasteiger charge is -2.20. The summed E-state index contributed by atoms with van der Waals surface area (Å²) in [4.78, 5) is 23.0. The van der Waals surface area contributed by atoms with Crippen LogP contribution in [0.3, 0.4) is 0 Å². The molecule has 36 heavy (non-hydrogen) atoms. The van der Waals surface area contributed by atoms with E-state index >= 15 is 0 Å². The molecule has 3 aromatic carbocycles. The Morgan fingerprint density at radius 2 is 1.50 bits per heavy atom. The summed E-state index contributed by atoms with van der Waals surface area (Å²) < 4.78 is 6.42. The largest absolute Gasteiger partial charge is 0.486 e. The second-order valence-electron chi connectivity index (χ2n) is 8.85. The minimum absolute atomic E-state index is 0.102. The van der Waals surface area contributed by atoms with E-state index in [0.29, 0.717) is 5.56 Å². The van der Waals surface area contributed by atoms with Gasteiger partial charge in [0.2, 0.25) is 0 Å². The Bertz CT molecular complexity index is 1120. The SMILES string of the molecule is C=C(c1ccccc1)c1ccc(OC(CCCCCC)c2ccc(C(=O)NCCC(=O)O)cc2)cc1. The molecule has 5 nitrogen and oxygen atoms in total. The molecule has 0 aliphatic carbocycles. The lowest BCUT2D eigenvalue weighted by Crippen LogP contribution is -2.26. The first-order valence-corrected chi connectivity index (χ1v) is 12.6. The molecule has 0 aliphatic heterocycles. The first kappa shape index (κ1) is 26.7. The van der Waals surface area contributed by atoms with Crippen molar-refractivity contribution in [2.45, 2.75) is 51.6 Å². The zero-order valence-corrected chi connectivity index (χ0v) is 20.9. The van der Waals surface area contributed by atoms with Gasteiger partial charge >= 0.3 is 5.97 Å². The van der Waals surface area contributed by atoms with Crippen molar-refractivity contribution in [2.75, 3.05) is 6.54 Å². The van der Waals surface area contributed by atoms with E-state index in [1.54, 1.807) is 12.1 Å². The summed E-state index contributed by atoms with van der Waals surface area (Å²) in [6, 6.07) is 25.5. The average Bonchev–Trinajstić information content (AvgIpc) is 2.90. The molecule has 0 saturated heterocycles.